The van der Waals surface area contributed by atoms with Crippen LogP contribution in [0.15, 0.2) is 48.5 Å². The van der Waals surface area contributed by atoms with Gasteiger partial charge < -0.3 is 5.11 Å². The lowest BCUT2D eigenvalue weighted by molar-refractivity contribution is 0.480. The number of phenols is 1. The summed E-state index contributed by atoms with van der Waals surface area (Å²) in [4.78, 5) is 4.50. The van der Waals surface area contributed by atoms with Crippen molar-refractivity contribution >= 4 is 21.6 Å². The summed E-state index contributed by atoms with van der Waals surface area (Å²) in [5.74, 6) is 0.273. The van der Waals surface area contributed by atoms with E-state index in [1.54, 1.807) is 17.4 Å². The van der Waals surface area contributed by atoms with Gasteiger partial charge in [-0.25, -0.2) is 4.98 Å². The maximum atomic E-state index is 9.71. The molecule has 3 aromatic rings. The number of nitrogens with zero attached hydrogens (tertiary/aromatic N) is 1. The van der Waals surface area contributed by atoms with Crippen molar-refractivity contribution in [3.05, 3.63) is 59.1 Å². The quantitative estimate of drug-likeness (QED) is 0.772. The van der Waals surface area contributed by atoms with E-state index in [2.05, 4.69) is 29.2 Å². The molecule has 0 fully saturated rings. The summed E-state index contributed by atoms with van der Waals surface area (Å²) in [6.45, 7) is 0. The Kier molecular flexibility index (Phi) is 2.99. The lowest BCUT2D eigenvalue weighted by Gasteiger charge is -1.97. The molecule has 1 heterocycles. The number of fused-ring (bicyclic) bond motifs is 1. The number of aromatic nitrogens is 1. The zero-order chi connectivity index (χ0) is 12.4. The molecule has 1 N–H and O–H groups in total. The van der Waals surface area contributed by atoms with E-state index in [1.807, 2.05) is 18.2 Å². The van der Waals surface area contributed by atoms with Gasteiger partial charge in [-0.2, -0.15) is 0 Å². The molecule has 0 radical (unpaired) electrons. The number of aromatic hydroxyl groups is 1. The van der Waals surface area contributed by atoms with Crippen molar-refractivity contribution in [2.24, 2.45) is 0 Å². The summed E-state index contributed by atoms with van der Waals surface area (Å²) >= 11 is 1.66. The van der Waals surface area contributed by atoms with Gasteiger partial charge in [0, 0.05) is 6.42 Å². The van der Waals surface area contributed by atoms with Crippen LogP contribution in [0, 0.1) is 0 Å². The predicted octanol–water partition coefficient (Wildman–Crippen LogP) is 3.79. The molecule has 0 bridgehead atoms. The second-order valence-electron chi connectivity index (χ2n) is 4.22. The Labute approximate surface area is 110 Å². The molecule has 3 rings (SSSR count). The van der Waals surface area contributed by atoms with E-state index in [-0.39, 0.29) is 5.75 Å². The Bertz CT molecular complexity index is 661. The molecule has 18 heavy (non-hydrogen) atoms. The van der Waals surface area contributed by atoms with E-state index >= 15 is 0 Å². The van der Waals surface area contributed by atoms with Crippen molar-refractivity contribution in [3.8, 4) is 5.75 Å². The summed E-state index contributed by atoms with van der Waals surface area (Å²) < 4.78 is 1.05. The highest BCUT2D eigenvalue weighted by Gasteiger charge is 2.07. The van der Waals surface area contributed by atoms with Crippen LogP contribution in [-0.4, -0.2) is 10.1 Å². The minimum atomic E-state index is 0.273. The van der Waals surface area contributed by atoms with Gasteiger partial charge in [-0.15, -0.1) is 11.3 Å². The van der Waals surface area contributed by atoms with Crippen LogP contribution in [0.4, 0.5) is 0 Å². The van der Waals surface area contributed by atoms with E-state index in [0.29, 0.717) is 0 Å². The Morgan fingerprint density at radius 3 is 2.56 bits per heavy atom. The Balaban J connectivity index is 1.81. The number of hydrogen-bond acceptors (Lipinski definition) is 3. The topological polar surface area (TPSA) is 33.1 Å². The number of phenolic OH excluding ortho intramolecular Hbond substituents is 1. The molecule has 1 aromatic heterocycles. The fourth-order valence-electron chi connectivity index (χ4n) is 1.98. The zero-order valence-corrected chi connectivity index (χ0v) is 10.7. The predicted molar refractivity (Wildman–Crippen MR) is 75.1 cm³/mol. The first-order chi connectivity index (χ1) is 8.83. The average Bonchev–Trinajstić information content (AvgIpc) is 2.82. The van der Waals surface area contributed by atoms with Crippen molar-refractivity contribution in [2.75, 3.05) is 0 Å². The molecule has 0 saturated carbocycles. The molecule has 0 atom stereocenters. The van der Waals surface area contributed by atoms with Gasteiger partial charge in [0.2, 0.25) is 0 Å². The Hall–Kier alpha value is -1.87. The van der Waals surface area contributed by atoms with Crippen LogP contribution in [0.3, 0.4) is 0 Å². The van der Waals surface area contributed by atoms with Crippen LogP contribution >= 0.6 is 11.3 Å². The average molecular weight is 255 g/mol. The number of benzene rings is 2. The van der Waals surface area contributed by atoms with Gasteiger partial charge in [0.1, 0.15) is 11.3 Å². The van der Waals surface area contributed by atoms with Gasteiger partial charge in [-0.05, 0) is 24.1 Å². The summed E-state index contributed by atoms with van der Waals surface area (Å²) in [7, 11) is 0. The molecule has 2 nitrogen and oxygen atoms in total. The molecule has 0 unspecified atom stereocenters. The molecule has 0 saturated heterocycles. The van der Waals surface area contributed by atoms with Crippen LogP contribution in [0.5, 0.6) is 5.75 Å². The minimum absolute atomic E-state index is 0.273. The second kappa shape index (κ2) is 4.78. The van der Waals surface area contributed by atoms with Gasteiger partial charge in [-0.3, -0.25) is 0 Å². The number of para-hydroxylation sites is 1. The van der Waals surface area contributed by atoms with E-state index in [9.17, 15) is 5.11 Å². The molecule has 0 aliphatic carbocycles. The van der Waals surface area contributed by atoms with E-state index < -0.39 is 0 Å². The number of aryl methyl sites for hydroxylation is 2. The van der Waals surface area contributed by atoms with Crippen molar-refractivity contribution < 1.29 is 5.11 Å². The first-order valence-corrected chi connectivity index (χ1v) is 6.76. The maximum Gasteiger partial charge on any atom is 0.142 e. The van der Waals surface area contributed by atoms with Crippen LogP contribution in [-0.2, 0) is 12.8 Å². The third-order valence-corrected chi connectivity index (χ3v) is 3.99. The molecule has 2 aromatic carbocycles. The van der Waals surface area contributed by atoms with Crippen molar-refractivity contribution in [1.29, 1.82) is 0 Å². The van der Waals surface area contributed by atoms with E-state index in [0.717, 1.165) is 28.1 Å². The Morgan fingerprint density at radius 1 is 0.944 bits per heavy atom. The monoisotopic (exact) mass is 255 g/mol. The number of thiazole rings is 1. The lowest BCUT2D eigenvalue weighted by Crippen LogP contribution is -1.89. The smallest absolute Gasteiger partial charge is 0.142 e. The van der Waals surface area contributed by atoms with Crippen LogP contribution in [0.2, 0.25) is 0 Å². The van der Waals surface area contributed by atoms with Gasteiger partial charge in [0.15, 0.2) is 0 Å². The lowest BCUT2D eigenvalue weighted by atomic mass is 10.1. The van der Waals surface area contributed by atoms with Crippen LogP contribution < -0.4 is 0 Å². The van der Waals surface area contributed by atoms with Crippen LogP contribution in [0.1, 0.15) is 10.6 Å². The molecule has 0 aliphatic rings. The molecule has 90 valence electrons. The fraction of sp³-hybridized carbons (Fsp3) is 0.133. The molecular formula is C15H13NOS. The van der Waals surface area contributed by atoms with Gasteiger partial charge in [0.05, 0.1) is 9.71 Å². The summed E-state index contributed by atoms with van der Waals surface area (Å²) in [5.41, 5.74) is 2.05. The number of rotatable bonds is 3. The molecule has 0 amide bonds. The van der Waals surface area contributed by atoms with Gasteiger partial charge >= 0.3 is 0 Å². The highest BCUT2D eigenvalue weighted by Crippen LogP contribution is 2.29. The van der Waals surface area contributed by atoms with E-state index in [4.69, 9.17) is 0 Å². The first-order valence-electron chi connectivity index (χ1n) is 5.94. The summed E-state index contributed by atoms with van der Waals surface area (Å²) in [5, 5.41) is 10.8. The number of hydrogen-bond donors (Lipinski definition) is 1. The maximum absolute atomic E-state index is 9.71. The van der Waals surface area contributed by atoms with Gasteiger partial charge in [-0.1, -0.05) is 36.4 Å². The molecule has 0 spiro atoms. The standard InChI is InChI=1S/C15H13NOS/c17-12-7-4-8-13-15(12)16-14(18-13)10-9-11-5-2-1-3-6-11/h1-8,17H,9-10H2. The fourth-order valence-corrected chi connectivity index (χ4v) is 2.97. The van der Waals surface area contributed by atoms with Crippen LogP contribution in [0.25, 0.3) is 10.2 Å². The normalized spacial score (nSPS) is 10.9. The van der Waals surface area contributed by atoms with E-state index in [1.165, 1.54) is 5.56 Å². The summed E-state index contributed by atoms with van der Waals surface area (Å²) in [6.07, 6.45) is 1.91. The van der Waals surface area contributed by atoms with Gasteiger partial charge in [0.25, 0.3) is 0 Å². The third kappa shape index (κ3) is 2.22. The minimum Gasteiger partial charge on any atom is -0.506 e. The highest BCUT2D eigenvalue weighted by atomic mass is 32.1. The summed E-state index contributed by atoms with van der Waals surface area (Å²) in [6, 6.07) is 15.9. The van der Waals surface area contributed by atoms with Crippen molar-refractivity contribution in [3.63, 3.8) is 0 Å². The van der Waals surface area contributed by atoms with Crippen molar-refractivity contribution in [2.45, 2.75) is 12.8 Å². The Morgan fingerprint density at radius 2 is 1.78 bits per heavy atom. The molecular weight excluding hydrogens is 242 g/mol. The zero-order valence-electron chi connectivity index (χ0n) is 9.84. The highest BCUT2D eigenvalue weighted by molar-refractivity contribution is 7.18. The SMILES string of the molecule is Oc1cccc2sc(CCc3ccccc3)nc12. The third-order valence-electron chi connectivity index (χ3n) is 2.91. The second-order valence-corrected chi connectivity index (χ2v) is 5.33. The molecule has 3 heteroatoms. The van der Waals surface area contributed by atoms with Crippen molar-refractivity contribution in [1.82, 2.24) is 4.98 Å². The first kappa shape index (κ1) is 11.2. The largest absolute Gasteiger partial charge is 0.506 e. The molecule has 0 aliphatic heterocycles.